The predicted molar refractivity (Wildman–Crippen MR) is 41.1 cm³/mol. The first kappa shape index (κ1) is 89.6. The van der Waals surface area contributed by atoms with Gasteiger partial charge in [-0.2, -0.15) is 0 Å². The third-order valence-corrected chi connectivity index (χ3v) is 0. The number of hydrogen-bond acceptors (Lipinski definition) is 6. The number of nitrogens with zero attached hydrogens (tertiary/aromatic N) is 6. The van der Waals surface area contributed by atoms with Crippen LogP contribution in [0.5, 0.6) is 0 Å². The number of hydrogen-bond donors (Lipinski definition) is 0. The molecule has 0 amide bonds. The van der Waals surface area contributed by atoms with Crippen LogP contribution in [0.15, 0.2) is 0 Å². The van der Waals surface area contributed by atoms with Crippen molar-refractivity contribution in [1.29, 1.82) is 31.6 Å². The second kappa shape index (κ2) is 296. The number of rotatable bonds is 0. The van der Waals surface area contributed by atoms with Crippen LogP contribution in [0, 0.1) is 71.0 Å². The van der Waals surface area contributed by atoms with Gasteiger partial charge in [0.15, 0.2) is 0 Å². The summed E-state index contributed by atoms with van der Waals surface area (Å²) in [7, 11) is 0. The normalized spacial score (nSPS) is 0.857. The van der Waals surface area contributed by atoms with Gasteiger partial charge in [0, 0.05) is 56.5 Å². The average molecular weight is 226 g/mol. The minimum absolute atomic E-state index is 0. The van der Waals surface area contributed by atoms with Crippen LogP contribution in [0.25, 0.3) is 0 Å². The molecule has 0 aliphatic carbocycles. The molecule has 0 aromatic rings. The largest absolute Gasteiger partial charge is 1.00 e. The van der Waals surface area contributed by atoms with E-state index in [1.54, 1.807) is 0 Å². The topological polar surface area (TPSA) is 143 Å². The van der Waals surface area contributed by atoms with Crippen molar-refractivity contribution in [2.24, 2.45) is 0 Å². The van der Waals surface area contributed by atoms with Gasteiger partial charge < -0.3 is 1.43 Å². The Labute approximate surface area is 108 Å². The van der Waals surface area contributed by atoms with E-state index in [-0.39, 0.29) is 37.4 Å². The molecule has 0 rings (SSSR count). The SMILES string of the molecule is C#N.C#N.C#N.C#N.C#N.C#N.[Fe].[H-].[Li+]. The molecule has 0 saturated carbocycles. The fourth-order valence-corrected chi connectivity index (χ4v) is 0. The second-order valence-corrected chi connectivity index (χ2v) is 0. The molecule has 0 saturated heterocycles. The first-order chi connectivity index (χ1) is 6.00. The summed E-state index contributed by atoms with van der Waals surface area (Å²) < 4.78 is 0. The molecule has 0 spiro atoms. The van der Waals surface area contributed by atoms with Gasteiger partial charge in [-0.3, -0.25) is 0 Å². The summed E-state index contributed by atoms with van der Waals surface area (Å²) in [5.74, 6) is 0. The molecule has 0 aromatic carbocycles. The summed E-state index contributed by atoms with van der Waals surface area (Å²) in [6.07, 6.45) is 0. The first-order valence-corrected chi connectivity index (χ1v) is 1.55. The van der Waals surface area contributed by atoms with E-state index in [0.29, 0.717) is 0 Å². The Morgan fingerprint density at radius 1 is 0.429 bits per heavy atom. The molecule has 0 unspecified atom stereocenters. The Balaban J connectivity index is -0.00000000396. The zero-order valence-electron chi connectivity index (χ0n) is 8.50. The molecule has 0 fully saturated rings. The Morgan fingerprint density at radius 2 is 0.429 bits per heavy atom. The minimum Gasteiger partial charge on any atom is -1.00 e. The van der Waals surface area contributed by atoms with E-state index in [9.17, 15) is 0 Å². The Morgan fingerprint density at radius 3 is 0.429 bits per heavy atom. The molecular weight excluding hydrogens is 219 g/mol. The fourth-order valence-electron chi connectivity index (χ4n) is 0. The van der Waals surface area contributed by atoms with E-state index in [2.05, 4.69) is 39.4 Å². The zero-order valence-corrected chi connectivity index (χ0v) is 8.61. The summed E-state index contributed by atoms with van der Waals surface area (Å²) in [6, 6.07) is 0. The number of nitriles is 6. The van der Waals surface area contributed by atoms with Crippen LogP contribution in [0.3, 0.4) is 0 Å². The standard InChI is InChI=1S/6CHN.Fe.Li.H/c6*1-2;;;/h6*1H;;;/q;;;;;;;+1;-1. The molecule has 0 heterocycles. The average Bonchev–Trinajstić information content (AvgIpc) is 2.33. The monoisotopic (exact) mass is 226 g/mol. The van der Waals surface area contributed by atoms with Gasteiger partial charge in [0.2, 0.25) is 0 Å². The maximum atomic E-state index is 6.50. The maximum absolute atomic E-state index is 6.50. The van der Waals surface area contributed by atoms with Crippen LogP contribution in [-0.2, 0) is 17.1 Å². The van der Waals surface area contributed by atoms with Crippen molar-refractivity contribution in [1.82, 2.24) is 0 Å². The van der Waals surface area contributed by atoms with Crippen molar-refractivity contribution in [2.45, 2.75) is 0 Å². The van der Waals surface area contributed by atoms with Gasteiger partial charge in [-0.25, -0.2) is 31.6 Å². The molecule has 0 bridgehead atoms. The van der Waals surface area contributed by atoms with Crippen LogP contribution in [-0.4, -0.2) is 0 Å². The molecule has 0 aliphatic rings. The molecule has 14 heavy (non-hydrogen) atoms. The summed E-state index contributed by atoms with van der Waals surface area (Å²) in [5.41, 5.74) is 0. The van der Waals surface area contributed by atoms with Crippen LogP contribution in [0.1, 0.15) is 1.43 Å². The van der Waals surface area contributed by atoms with Gasteiger partial charge in [-0.05, 0) is 0 Å². The third kappa shape index (κ3) is 218. The molecular formula is C6H7FeLiN6. The second-order valence-electron chi connectivity index (χ2n) is 0. The molecule has 0 aromatic heterocycles. The van der Waals surface area contributed by atoms with Crippen molar-refractivity contribution >= 4 is 0 Å². The molecule has 0 N–H and O–H groups in total. The molecule has 0 radical (unpaired) electrons. The van der Waals surface area contributed by atoms with Crippen molar-refractivity contribution < 1.29 is 37.4 Å². The van der Waals surface area contributed by atoms with Gasteiger partial charge in [-0.15, -0.1) is 0 Å². The van der Waals surface area contributed by atoms with E-state index in [4.69, 9.17) is 31.6 Å². The van der Waals surface area contributed by atoms with Gasteiger partial charge in [0.05, 0.1) is 0 Å². The van der Waals surface area contributed by atoms with E-state index in [0.717, 1.165) is 0 Å². The first-order valence-electron chi connectivity index (χ1n) is 1.55. The van der Waals surface area contributed by atoms with Crippen molar-refractivity contribution in [3.8, 4) is 39.4 Å². The summed E-state index contributed by atoms with van der Waals surface area (Å²) in [5, 5.41) is 39.0. The smallest absolute Gasteiger partial charge is 1.00 e. The molecule has 8 heteroatoms. The summed E-state index contributed by atoms with van der Waals surface area (Å²) >= 11 is 0. The van der Waals surface area contributed by atoms with E-state index in [1.807, 2.05) is 0 Å². The van der Waals surface area contributed by atoms with Gasteiger partial charge >= 0.3 is 18.9 Å². The fraction of sp³-hybridized carbons (Fsp3) is 0. The van der Waals surface area contributed by atoms with E-state index >= 15 is 0 Å². The quantitative estimate of drug-likeness (QED) is 0.435. The van der Waals surface area contributed by atoms with Gasteiger partial charge in [0.1, 0.15) is 0 Å². The van der Waals surface area contributed by atoms with Crippen molar-refractivity contribution in [2.75, 3.05) is 0 Å². The third-order valence-electron chi connectivity index (χ3n) is 0. The van der Waals surface area contributed by atoms with Crippen molar-refractivity contribution in [3.05, 3.63) is 0 Å². The Bertz CT molecular complexity index is 103. The molecule has 70 valence electrons. The van der Waals surface area contributed by atoms with Crippen LogP contribution in [0.4, 0.5) is 0 Å². The van der Waals surface area contributed by atoms with Crippen LogP contribution >= 0.6 is 0 Å². The Hall–Kier alpha value is -1.94. The van der Waals surface area contributed by atoms with E-state index in [1.165, 1.54) is 0 Å². The van der Waals surface area contributed by atoms with Crippen molar-refractivity contribution in [3.63, 3.8) is 0 Å². The predicted octanol–water partition coefficient (Wildman–Crippen LogP) is -2.05. The zero-order chi connectivity index (χ0) is 12.0. The minimum atomic E-state index is 0. The summed E-state index contributed by atoms with van der Waals surface area (Å²) in [4.78, 5) is 0. The summed E-state index contributed by atoms with van der Waals surface area (Å²) in [6.45, 7) is 21.0. The molecule has 0 aliphatic heterocycles. The van der Waals surface area contributed by atoms with Gasteiger partial charge in [0.25, 0.3) is 0 Å². The maximum Gasteiger partial charge on any atom is 1.00 e. The molecule has 6 nitrogen and oxygen atoms in total. The van der Waals surface area contributed by atoms with Crippen LogP contribution < -0.4 is 18.9 Å². The molecule has 0 atom stereocenters. The Kier molecular flexibility index (Phi) is 1890. The van der Waals surface area contributed by atoms with Crippen LogP contribution in [0.2, 0.25) is 0 Å². The van der Waals surface area contributed by atoms with E-state index < -0.39 is 0 Å². The van der Waals surface area contributed by atoms with Gasteiger partial charge in [-0.1, -0.05) is 0 Å².